The predicted molar refractivity (Wildman–Crippen MR) is 95.7 cm³/mol. The highest BCUT2D eigenvalue weighted by Crippen LogP contribution is 2.28. The molecule has 1 saturated carbocycles. The first-order valence-electron chi connectivity index (χ1n) is 7.66. The topological polar surface area (TPSA) is 84.5 Å². The minimum atomic E-state index is -3.62. The Hall–Kier alpha value is -2.09. The monoisotopic (exact) mass is 380 g/mol. The molecule has 0 aliphatic heterocycles. The van der Waals surface area contributed by atoms with Gasteiger partial charge in [-0.25, -0.2) is 13.1 Å². The van der Waals surface area contributed by atoms with Crippen molar-refractivity contribution in [3.8, 4) is 5.75 Å². The van der Waals surface area contributed by atoms with Gasteiger partial charge in [0.2, 0.25) is 10.0 Å². The summed E-state index contributed by atoms with van der Waals surface area (Å²) in [5, 5.41) is 3.13. The van der Waals surface area contributed by atoms with Gasteiger partial charge in [-0.1, -0.05) is 17.7 Å². The van der Waals surface area contributed by atoms with Crippen molar-refractivity contribution in [2.45, 2.75) is 23.8 Å². The van der Waals surface area contributed by atoms with Crippen molar-refractivity contribution in [3.05, 3.63) is 53.1 Å². The van der Waals surface area contributed by atoms with Gasteiger partial charge in [0, 0.05) is 16.6 Å². The number of hydrogen-bond donors (Lipinski definition) is 2. The van der Waals surface area contributed by atoms with Crippen molar-refractivity contribution < 1.29 is 17.9 Å². The molecule has 1 aliphatic carbocycles. The molecule has 132 valence electrons. The number of nitrogens with one attached hydrogen (secondary N) is 2. The van der Waals surface area contributed by atoms with Crippen molar-refractivity contribution in [2.24, 2.45) is 0 Å². The smallest absolute Gasteiger partial charge is 0.255 e. The van der Waals surface area contributed by atoms with Crippen LogP contribution in [-0.4, -0.2) is 27.5 Å². The zero-order valence-corrected chi connectivity index (χ0v) is 15.0. The quantitative estimate of drug-likeness (QED) is 0.806. The third-order valence-electron chi connectivity index (χ3n) is 3.72. The van der Waals surface area contributed by atoms with Crippen LogP contribution < -0.4 is 14.8 Å². The van der Waals surface area contributed by atoms with Gasteiger partial charge in [0.05, 0.1) is 17.7 Å². The summed E-state index contributed by atoms with van der Waals surface area (Å²) in [7, 11) is -2.14. The second kappa shape index (κ2) is 7.03. The number of benzene rings is 2. The van der Waals surface area contributed by atoms with Crippen LogP contribution in [0.3, 0.4) is 0 Å². The molecule has 2 aromatic carbocycles. The van der Waals surface area contributed by atoms with Gasteiger partial charge in [-0.15, -0.1) is 0 Å². The Morgan fingerprint density at radius 1 is 1.20 bits per heavy atom. The van der Waals surface area contributed by atoms with E-state index >= 15 is 0 Å². The molecule has 3 rings (SSSR count). The first-order chi connectivity index (χ1) is 11.9. The third kappa shape index (κ3) is 4.31. The summed E-state index contributed by atoms with van der Waals surface area (Å²) in [4.78, 5) is 12.5. The van der Waals surface area contributed by atoms with Crippen LogP contribution in [0.2, 0.25) is 5.02 Å². The van der Waals surface area contributed by atoms with Crippen LogP contribution in [0.1, 0.15) is 23.2 Å². The molecule has 0 heterocycles. The molecule has 0 saturated heterocycles. The fourth-order valence-corrected chi connectivity index (χ4v) is 3.79. The minimum Gasteiger partial charge on any atom is -0.495 e. The van der Waals surface area contributed by atoms with E-state index < -0.39 is 15.9 Å². The number of anilines is 1. The van der Waals surface area contributed by atoms with Crippen LogP contribution in [0.5, 0.6) is 5.75 Å². The molecule has 1 aliphatic rings. The van der Waals surface area contributed by atoms with E-state index in [0.29, 0.717) is 16.5 Å². The van der Waals surface area contributed by atoms with Crippen molar-refractivity contribution >= 4 is 33.2 Å². The Morgan fingerprint density at radius 3 is 2.64 bits per heavy atom. The molecule has 0 bridgehead atoms. The van der Waals surface area contributed by atoms with Gasteiger partial charge in [0.25, 0.3) is 5.91 Å². The molecule has 1 fully saturated rings. The van der Waals surface area contributed by atoms with Gasteiger partial charge in [0.15, 0.2) is 0 Å². The van der Waals surface area contributed by atoms with Gasteiger partial charge >= 0.3 is 0 Å². The lowest BCUT2D eigenvalue weighted by Crippen LogP contribution is -2.26. The van der Waals surface area contributed by atoms with Gasteiger partial charge in [-0.3, -0.25) is 4.79 Å². The maximum atomic E-state index is 12.5. The summed E-state index contributed by atoms with van der Waals surface area (Å²) < 4.78 is 32.3. The highest BCUT2D eigenvalue weighted by molar-refractivity contribution is 7.89. The van der Waals surface area contributed by atoms with Crippen LogP contribution in [0.25, 0.3) is 0 Å². The first-order valence-corrected chi connectivity index (χ1v) is 9.52. The Balaban J connectivity index is 1.83. The summed E-state index contributed by atoms with van der Waals surface area (Å²) in [5.41, 5.74) is 0.630. The van der Waals surface area contributed by atoms with E-state index in [1.54, 1.807) is 24.3 Å². The maximum absolute atomic E-state index is 12.5. The Labute approximate surface area is 151 Å². The average molecular weight is 381 g/mol. The molecule has 0 aromatic heterocycles. The summed E-state index contributed by atoms with van der Waals surface area (Å²) in [6.07, 6.45) is 1.68. The molecule has 6 nitrogen and oxygen atoms in total. The number of carbonyl (C=O) groups is 1. The highest BCUT2D eigenvalue weighted by Gasteiger charge is 2.28. The van der Waals surface area contributed by atoms with Crippen molar-refractivity contribution in [1.82, 2.24) is 4.72 Å². The van der Waals surface area contributed by atoms with Crippen LogP contribution in [0, 0.1) is 0 Å². The molecule has 2 N–H and O–H groups in total. The number of hydrogen-bond acceptors (Lipinski definition) is 4. The molecule has 25 heavy (non-hydrogen) atoms. The number of rotatable bonds is 6. The van der Waals surface area contributed by atoms with E-state index in [-0.39, 0.29) is 16.5 Å². The van der Waals surface area contributed by atoms with E-state index in [4.69, 9.17) is 16.3 Å². The lowest BCUT2D eigenvalue weighted by atomic mass is 10.2. The van der Waals surface area contributed by atoms with Crippen molar-refractivity contribution in [1.29, 1.82) is 0 Å². The summed E-state index contributed by atoms with van der Waals surface area (Å²) in [5.74, 6) is 0.000893. The van der Waals surface area contributed by atoms with Crippen LogP contribution in [0.4, 0.5) is 5.69 Å². The molecule has 1 amide bonds. The maximum Gasteiger partial charge on any atom is 0.255 e. The molecular formula is C17H17ClN2O4S. The van der Waals surface area contributed by atoms with E-state index in [2.05, 4.69) is 10.0 Å². The number of sulfonamides is 1. The summed E-state index contributed by atoms with van der Waals surface area (Å²) in [6.45, 7) is 0. The summed E-state index contributed by atoms with van der Waals surface area (Å²) in [6, 6.07) is 10.7. The molecule has 0 atom stereocenters. The van der Waals surface area contributed by atoms with Gasteiger partial charge in [-0.05, 0) is 49.2 Å². The molecule has 8 heteroatoms. The number of methoxy groups -OCH3 is 1. The number of carbonyl (C=O) groups excluding carboxylic acids is 1. The van der Waals surface area contributed by atoms with E-state index in [0.717, 1.165) is 12.8 Å². The van der Waals surface area contributed by atoms with Gasteiger partial charge in [0.1, 0.15) is 5.75 Å². The molecule has 0 radical (unpaired) electrons. The Morgan fingerprint density at radius 2 is 1.96 bits per heavy atom. The molecule has 0 unspecified atom stereocenters. The number of amides is 1. The zero-order chi connectivity index (χ0) is 18.0. The number of halogens is 1. The lowest BCUT2D eigenvalue weighted by Gasteiger charge is -2.11. The second-order valence-electron chi connectivity index (χ2n) is 5.72. The predicted octanol–water partition coefficient (Wildman–Crippen LogP) is 3.04. The van der Waals surface area contributed by atoms with Crippen LogP contribution in [0.15, 0.2) is 47.4 Å². The average Bonchev–Trinajstić information content (AvgIpc) is 3.38. The molecular weight excluding hydrogens is 364 g/mol. The normalized spacial score (nSPS) is 14.2. The minimum absolute atomic E-state index is 0.00166. The van der Waals surface area contributed by atoms with Gasteiger partial charge in [-0.2, -0.15) is 0 Å². The lowest BCUT2D eigenvalue weighted by molar-refractivity contribution is 0.102. The first kappa shape index (κ1) is 17.7. The zero-order valence-electron chi connectivity index (χ0n) is 13.5. The third-order valence-corrected chi connectivity index (χ3v) is 5.47. The van der Waals surface area contributed by atoms with Gasteiger partial charge < -0.3 is 10.1 Å². The Bertz CT molecular complexity index is 911. The highest BCUT2D eigenvalue weighted by atomic mass is 35.5. The molecule has 0 spiro atoms. The van der Waals surface area contributed by atoms with Crippen molar-refractivity contribution in [3.63, 3.8) is 0 Å². The Kier molecular flexibility index (Phi) is 4.99. The van der Waals surface area contributed by atoms with Crippen LogP contribution >= 0.6 is 11.6 Å². The van der Waals surface area contributed by atoms with E-state index in [1.165, 1.54) is 25.3 Å². The number of ether oxygens (including phenoxy) is 1. The standard InChI is InChI=1S/C17H17ClN2O4S/c1-24-16-8-5-12(18)10-15(16)19-17(21)11-3-2-4-14(9-11)25(22,23)20-13-6-7-13/h2-5,8-10,13,20H,6-7H2,1H3,(H,19,21). The van der Waals surface area contributed by atoms with E-state index in [9.17, 15) is 13.2 Å². The molecule has 2 aromatic rings. The fraction of sp³-hybridized carbons (Fsp3) is 0.235. The van der Waals surface area contributed by atoms with Crippen LogP contribution in [-0.2, 0) is 10.0 Å². The fourth-order valence-electron chi connectivity index (χ4n) is 2.27. The summed E-state index contributed by atoms with van der Waals surface area (Å²) >= 11 is 5.95. The second-order valence-corrected chi connectivity index (χ2v) is 7.87. The largest absolute Gasteiger partial charge is 0.495 e. The van der Waals surface area contributed by atoms with Crippen molar-refractivity contribution in [2.75, 3.05) is 12.4 Å². The van der Waals surface area contributed by atoms with E-state index in [1.807, 2.05) is 0 Å². The SMILES string of the molecule is COc1ccc(Cl)cc1NC(=O)c1cccc(S(=O)(=O)NC2CC2)c1.